The third kappa shape index (κ3) is 5.52. The zero-order valence-electron chi connectivity index (χ0n) is 15.3. The number of carbonyl (C=O) groups is 2. The maximum atomic E-state index is 12.2. The highest BCUT2D eigenvalue weighted by atomic mass is 35.5. The first-order valence-corrected chi connectivity index (χ1v) is 10.0. The van der Waals surface area contributed by atoms with E-state index in [0.717, 1.165) is 0 Å². The molecule has 2 N–H and O–H groups in total. The summed E-state index contributed by atoms with van der Waals surface area (Å²) in [6.45, 7) is 0.380. The summed E-state index contributed by atoms with van der Waals surface area (Å²) in [6, 6.07) is 12.0. The number of amides is 2. The van der Waals surface area contributed by atoms with Crippen LogP contribution in [0.15, 0.2) is 53.4 Å². The van der Waals surface area contributed by atoms with Crippen LogP contribution in [-0.4, -0.2) is 51.9 Å². The van der Waals surface area contributed by atoms with Gasteiger partial charge in [0.2, 0.25) is 0 Å². The number of hydroxylamine groups is 1. The lowest BCUT2D eigenvalue weighted by Crippen LogP contribution is -2.34. The molecule has 0 unspecified atom stereocenters. The van der Waals surface area contributed by atoms with Crippen LogP contribution in [0.1, 0.15) is 20.7 Å². The molecule has 0 bridgehead atoms. The standard InChI is InChI=1S/C18H20ClN3O5S/c1-22(27-2)28(25,26)16-5-3-4-14(12-16)18(24)21-11-10-20-17(23)13-6-8-15(19)9-7-13/h3-9,12H,10-11H2,1-2H3,(H,20,23)(H,21,24). The van der Waals surface area contributed by atoms with Gasteiger partial charge in [-0.05, 0) is 42.5 Å². The molecule has 150 valence electrons. The van der Waals surface area contributed by atoms with Crippen LogP contribution in [0.25, 0.3) is 0 Å². The Morgan fingerprint density at radius 1 is 1.00 bits per heavy atom. The fourth-order valence-corrected chi connectivity index (χ4v) is 3.35. The molecule has 2 amide bonds. The Balaban J connectivity index is 1.90. The normalized spacial score (nSPS) is 11.3. The molecule has 0 radical (unpaired) electrons. The van der Waals surface area contributed by atoms with E-state index in [2.05, 4.69) is 10.6 Å². The largest absolute Gasteiger partial charge is 0.350 e. The molecule has 0 heterocycles. The molecular formula is C18H20ClN3O5S. The van der Waals surface area contributed by atoms with Gasteiger partial charge in [-0.2, -0.15) is 0 Å². The summed E-state index contributed by atoms with van der Waals surface area (Å²) in [7, 11) is -1.37. The summed E-state index contributed by atoms with van der Waals surface area (Å²) in [5.74, 6) is -0.750. The molecule has 2 aromatic carbocycles. The highest BCUT2D eigenvalue weighted by Gasteiger charge is 2.21. The molecular weight excluding hydrogens is 406 g/mol. The molecule has 0 aliphatic heterocycles. The van der Waals surface area contributed by atoms with E-state index in [1.165, 1.54) is 38.4 Å². The van der Waals surface area contributed by atoms with Crippen LogP contribution >= 0.6 is 11.6 Å². The molecule has 0 aliphatic carbocycles. The monoisotopic (exact) mass is 425 g/mol. The van der Waals surface area contributed by atoms with Gasteiger partial charge in [0.05, 0.1) is 12.0 Å². The van der Waals surface area contributed by atoms with Crippen LogP contribution in [0.2, 0.25) is 5.02 Å². The highest BCUT2D eigenvalue weighted by Crippen LogP contribution is 2.16. The van der Waals surface area contributed by atoms with Crippen molar-refractivity contribution in [1.82, 2.24) is 15.1 Å². The minimum absolute atomic E-state index is 0.0689. The Labute approximate surface area is 168 Å². The second kappa shape index (κ2) is 9.65. The maximum Gasteiger partial charge on any atom is 0.264 e. The van der Waals surface area contributed by atoms with E-state index in [0.29, 0.717) is 15.1 Å². The smallest absolute Gasteiger partial charge is 0.264 e. The lowest BCUT2D eigenvalue weighted by Gasteiger charge is -2.14. The lowest BCUT2D eigenvalue weighted by molar-refractivity contribution is -0.0258. The SMILES string of the molecule is CON(C)S(=O)(=O)c1cccc(C(=O)NCCNC(=O)c2ccc(Cl)cc2)c1. The average Bonchev–Trinajstić information content (AvgIpc) is 2.70. The van der Waals surface area contributed by atoms with Crippen molar-refractivity contribution >= 4 is 33.4 Å². The summed E-state index contributed by atoms with van der Waals surface area (Å²) in [5.41, 5.74) is 0.630. The minimum atomic E-state index is -3.85. The van der Waals surface area contributed by atoms with Gasteiger partial charge in [-0.3, -0.25) is 14.4 Å². The number of halogens is 1. The van der Waals surface area contributed by atoms with Crippen LogP contribution < -0.4 is 10.6 Å². The number of hydrogen-bond donors (Lipinski definition) is 2. The summed E-state index contributed by atoms with van der Waals surface area (Å²) in [5, 5.41) is 5.82. The molecule has 2 rings (SSSR count). The second-order valence-electron chi connectivity index (χ2n) is 5.64. The number of carbonyl (C=O) groups excluding carboxylic acids is 2. The first-order valence-electron chi connectivity index (χ1n) is 8.21. The topological polar surface area (TPSA) is 105 Å². The van der Waals surface area contributed by atoms with Gasteiger partial charge < -0.3 is 10.6 Å². The van der Waals surface area contributed by atoms with Gasteiger partial charge in [0.25, 0.3) is 21.8 Å². The summed E-state index contributed by atoms with van der Waals surface area (Å²) >= 11 is 5.77. The van der Waals surface area contributed by atoms with E-state index in [1.807, 2.05) is 0 Å². The van der Waals surface area contributed by atoms with Crippen molar-refractivity contribution in [3.05, 3.63) is 64.7 Å². The van der Waals surface area contributed by atoms with Crippen molar-refractivity contribution in [2.75, 3.05) is 27.2 Å². The Morgan fingerprint density at radius 3 is 2.14 bits per heavy atom. The van der Waals surface area contributed by atoms with Crippen molar-refractivity contribution in [1.29, 1.82) is 0 Å². The van der Waals surface area contributed by atoms with Crippen LogP contribution in [0, 0.1) is 0 Å². The van der Waals surface area contributed by atoms with E-state index >= 15 is 0 Å². The van der Waals surface area contributed by atoms with Gasteiger partial charge in [0, 0.05) is 36.3 Å². The quantitative estimate of drug-likeness (QED) is 0.494. The summed E-state index contributed by atoms with van der Waals surface area (Å²) in [6.07, 6.45) is 0. The van der Waals surface area contributed by atoms with Crippen LogP contribution in [0.5, 0.6) is 0 Å². The second-order valence-corrected chi connectivity index (χ2v) is 8.02. The van der Waals surface area contributed by atoms with Gasteiger partial charge in [0.15, 0.2) is 0 Å². The Bertz CT molecular complexity index is 948. The molecule has 0 saturated heterocycles. The number of rotatable bonds is 8. The van der Waals surface area contributed by atoms with E-state index in [1.54, 1.807) is 24.3 Å². The number of sulfonamides is 1. The van der Waals surface area contributed by atoms with E-state index in [-0.39, 0.29) is 29.5 Å². The third-order valence-electron chi connectivity index (χ3n) is 3.79. The zero-order chi connectivity index (χ0) is 20.7. The van der Waals surface area contributed by atoms with Gasteiger partial charge in [-0.15, -0.1) is 0 Å². The average molecular weight is 426 g/mol. The van der Waals surface area contributed by atoms with Crippen molar-refractivity contribution in [3.63, 3.8) is 0 Å². The predicted molar refractivity (Wildman–Crippen MR) is 105 cm³/mol. The molecule has 0 aliphatic rings. The molecule has 0 saturated carbocycles. The molecule has 10 heteroatoms. The van der Waals surface area contributed by atoms with Crippen LogP contribution in [0.3, 0.4) is 0 Å². The number of nitrogens with zero attached hydrogens (tertiary/aromatic N) is 1. The first kappa shape index (κ1) is 21.8. The molecule has 2 aromatic rings. The Morgan fingerprint density at radius 2 is 1.57 bits per heavy atom. The molecule has 0 spiro atoms. The first-order chi connectivity index (χ1) is 13.3. The predicted octanol–water partition coefficient (Wildman–Crippen LogP) is 1.68. The van der Waals surface area contributed by atoms with Gasteiger partial charge in [-0.1, -0.05) is 22.1 Å². The molecule has 0 fully saturated rings. The fourth-order valence-electron chi connectivity index (χ4n) is 2.20. The summed E-state index contributed by atoms with van der Waals surface area (Å²) < 4.78 is 25.2. The van der Waals surface area contributed by atoms with Crippen LogP contribution in [-0.2, 0) is 14.9 Å². The maximum absolute atomic E-state index is 12.2. The molecule has 0 atom stereocenters. The fraction of sp³-hybridized carbons (Fsp3) is 0.222. The lowest BCUT2D eigenvalue weighted by atomic mass is 10.2. The van der Waals surface area contributed by atoms with E-state index < -0.39 is 15.9 Å². The minimum Gasteiger partial charge on any atom is -0.350 e. The molecule has 8 nitrogen and oxygen atoms in total. The van der Waals surface area contributed by atoms with Gasteiger partial charge >= 0.3 is 0 Å². The van der Waals surface area contributed by atoms with Gasteiger partial charge in [0.1, 0.15) is 0 Å². The van der Waals surface area contributed by atoms with E-state index in [4.69, 9.17) is 16.4 Å². The Kier molecular flexibility index (Phi) is 7.53. The van der Waals surface area contributed by atoms with Crippen molar-refractivity contribution in [2.24, 2.45) is 0 Å². The Hall–Kier alpha value is -2.46. The van der Waals surface area contributed by atoms with Crippen molar-refractivity contribution in [2.45, 2.75) is 4.90 Å². The molecule has 0 aromatic heterocycles. The number of hydrogen-bond acceptors (Lipinski definition) is 5. The third-order valence-corrected chi connectivity index (χ3v) is 5.72. The zero-order valence-corrected chi connectivity index (χ0v) is 16.9. The van der Waals surface area contributed by atoms with Crippen molar-refractivity contribution in [3.8, 4) is 0 Å². The van der Waals surface area contributed by atoms with Crippen LogP contribution in [0.4, 0.5) is 0 Å². The number of benzene rings is 2. The summed E-state index contributed by atoms with van der Waals surface area (Å²) in [4.78, 5) is 28.8. The number of nitrogens with one attached hydrogen (secondary N) is 2. The van der Waals surface area contributed by atoms with Crippen molar-refractivity contribution < 1.29 is 22.8 Å². The van der Waals surface area contributed by atoms with Gasteiger partial charge in [-0.25, -0.2) is 8.42 Å². The molecule has 28 heavy (non-hydrogen) atoms. The highest BCUT2D eigenvalue weighted by molar-refractivity contribution is 7.89. The van der Waals surface area contributed by atoms with E-state index in [9.17, 15) is 18.0 Å².